The van der Waals surface area contributed by atoms with Crippen molar-refractivity contribution in [3.05, 3.63) is 28.8 Å². The van der Waals surface area contributed by atoms with Gasteiger partial charge in [0, 0.05) is 17.5 Å². The summed E-state index contributed by atoms with van der Waals surface area (Å²) in [6, 6.07) is 2.65. The van der Waals surface area contributed by atoms with Gasteiger partial charge in [-0.25, -0.2) is 4.79 Å². The summed E-state index contributed by atoms with van der Waals surface area (Å²) in [5.41, 5.74) is 0.0634. The lowest BCUT2D eigenvalue weighted by Gasteiger charge is -2.13. The molecule has 2 rings (SSSR count). The maximum absolute atomic E-state index is 11.9. The second-order valence-electron chi connectivity index (χ2n) is 3.80. The molecule has 1 heterocycles. The number of methoxy groups -OCH3 is 2. The van der Waals surface area contributed by atoms with Crippen LogP contribution in [-0.2, 0) is 0 Å². The number of carboxylic acid groups (broad SMARTS) is 1. The number of anilines is 1. The molecule has 2 N–H and O–H groups in total. The van der Waals surface area contributed by atoms with Crippen LogP contribution in [0.2, 0.25) is 0 Å². The van der Waals surface area contributed by atoms with Gasteiger partial charge in [0.15, 0.2) is 17.2 Å². The molecule has 0 spiro atoms. The maximum Gasteiger partial charge on any atom is 0.337 e. The van der Waals surface area contributed by atoms with Crippen molar-refractivity contribution in [1.82, 2.24) is 9.59 Å². The molecule has 1 amide bonds. The highest BCUT2D eigenvalue weighted by Gasteiger charge is 2.19. The van der Waals surface area contributed by atoms with E-state index in [9.17, 15) is 14.7 Å². The molecule has 0 fully saturated rings. The third-order valence-electron chi connectivity index (χ3n) is 2.59. The van der Waals surface area contributed by atoms with E-state index in [2.05, 4.69) is 14.9 Å². The number of nitrogens with zero attached hydrogens (tertiary/aromatic N) is 2. The molecule has 0 unspecified atom stereocenters. The average molecular weight is 309 g/mol. The van der Waals surface area contributed by atoms with Gasteiger partial charge in [-0.05, 0) is 11.5 Å². The first-order valence-corrected chi connectivity index (χ1v) is 6.48. The van der Waals surface area contributed by atoms with Gasteiger partial charge in [-0.3, -0.25) is 4.79 Å². The summed E-state index contributed by atoms with van der Waals surface area (Å²) < 4.78 is 13.7. The minimum atomic E-state index is -1.21. The fourth-order valence-electron chi connectivity index (χ4n) is 1.61. The molecule has 9 heteroatoms. The van der Waals surface area contributed by atoms with Crippen LogP contribution in [0.15, 0.2) is 17.5 Å². The largest absolute Gasteiger partial charge is 0.493 e. The summed E-state index contributed by atoms with van der Waals surface area (Å²) in [6.45, 7) is 0. The number of carboxylic acids is 1. The summed E-state index contributed by atoms with van der Waals surface area (Å²) in [5, 5.41) is 16.8. The molecule has 21 heavy (non-hydrogen) atoms. The Labute approximate surface area is 123 Å². The molecule has 0 saturated carbocycles. The highest BCUT2D eigenvalue weighted by molar-refractivity contribution is 7.03. The first-order chi connectivity index (χ1) is 10.1. The Hall–Kier alpha value is -2.68. The van der Waals surface area contributed by atoms with Gasteiger partial charge in [-0.15, -0.1) is 5.10 Å². The van der Waals surface area contributed by atoms with Crippen LogP contribution in [0.3, 0.4) is 0 Å². The number of aromatic nitrogens is 2. The average Bonchev–Trinajstić information content (AvgIpc) is 3.00. The number of hydrogen-bond donors (Lipinski definition) is 2. The van der Waals surface area contributed by atoms with Crippen LogP contribution in [0.1, 0.15) is 20.8 Å². The van der Waals surface area contributed by atoms with Crippen LogP contribution in [0.5, 0.6) is 11.5 Å². The van der Waals surface area contributed by atoms with Crippen LogP contribution >= 0.6 is 11.5 Å². The third-order valence-corrected chi connectivity index (χ3v) is 3.10. The number of carbonyl (C=O) groups excluding carboxylic acids is 1. The van der Waals surface area contributed by atoms with E-state index in [-0.39, 0.29) is 22.7 Å². The maximum atomic E-state index is 11.9. The first-order valence-electron chi connectivity index (χ1n) is 5.64. The smallest absolute Gasteiger partial charge is 0.337 e. The number of carbonyl (C=O) groups is 2. The number of nitrogens with one attached hydrogen (secondary N) is 1. The molecule has 1 aromatic carbocycles. The van der Waals surface area contributed by atoms with E-state index in [1.54, 1.807) is 0 Å². The second kappa shape index (κ2) is 6.18. The van der Waals surface area contributed by atoms with E-state index >= 15 is 0 Å². The Morgan fingerprint density at radius 3 is 2.43 bits per heavy atom. The highest BCUT2D eigenvalue weighted by Crippen LogP contribution is 2.33. The first kappa shape index (κ1) is 14.7. The van der Waals surface area contributed by atoms with Crippen molar-refractivity contribution >= 4 is 29.1 Å². The van der Waals surface area contributed by atoms with E-state index in [0.717, 1.165) is 11.5 Å². The molecule has 110 valence electrons. The SMILES string of the molecule is COc1cc(NC(=O)c2csnn2)c(C(=O)O)cc1OC. The number of hydrogen-bond acceptors (Lipinski definition) is 7. The molecule has 0 aliphatic heterocycles. The lowest BCUT2D eigenvalue weighted by Crippen LogP contribution is -2.15. The second-order valence-corrected chi connectivity index (χ2v) is 4.41. The fourth-order valence-corrected chi connectivity index (χ4v) is 2.05. The van der Waals surface area contributed by atoms with Crippen LogP contribution in [-0.4, -0.2) is 40.8 Å². The molecule has 8 nitrogen and oxygen atoms in total. The van der Waals surface area contributed by atoms with Crippen molar-refractivity contribution < 1.29 is 24.2 Å². The van der Waals surface area contributed by atoms with E-state index in [1.807, 2.05) is 0 Å². The predicted octanol–water partition coefficient (Wildman–Crippen LogP) is 1.51. The van der Waals surface area contributed by atoms with Crippen molar-refractivity contribution in [2.45, 2.75) is 0 Å². The number of benzene rings is 1. The van der Waals surface area contributed by atoms with Crippen LogP contribution < -0.4 is 14.8 Å². The number of rotatable bonds is 5. The van der Waals surface area contributed by atoms with Gasteiger partial charge < -0.3 is 19.9 Å². The number of amides is 1. The normalized spacial score (nSPS) is 10.0. The minimum Gasteiger partial charge on any atom is -0.493 e. The topological polar surface area (TPSA) is 111 Å². The Bertz CT molecular complexity index is 672. The van der Waals surface area contributed by atoms with Gasteiger partial charge in [0.1, 0.15) is 0 Å². The Balaban J connectivity index is 2.41. The Morgan fingerprint density at radius 2 is 1.90 bits per heavy atom. The third kappa shape index (κ3) is 3.08. The molecule has 0 atom stereocenters. The van der Waals surface area contributed by atoms with E-state index in [4.69, 9.17) is 9.47 Å². The summed E-state index contributed by atoms with van der Waals surface area (Å²) in [5.74, 6) is -1.21. The molecule has 2 aromatic rings. The van der Waals surface area contributed by atoms with Gasteiger partial charge in [0.2, 0.25) is 0 Å². The fraction of sp³-hybridized carbons (Fsp3) is 0.167. The summed E-state index contributed by atoms with van der Waals surface area (Å²) in [4.78, 5) is 23.2. The van der Waals surface area contributed by atoms with Gasteiger partial charge in [0.05, 0.1) is 25.5 Å². The van der Waals surface area contributed by atoms with Crippen molar-refractivity contribution in [1.29, 1.82) is 0 Å². The van der Waals surface area contributed by atoms with E-state index in [1.165, 1.54) is 31.7 Å². The van der Waals surface area contributed by atoms with Gasteiger partial charge in [-0.1, -0.05) is 4.49 Å². The predicted molar refractivity (Wildman–Crippen MR) is 74.4 cm³/mol. The summed E-state index contributed by atoms with van der Waals surface area (Å²) in [7, 11) is 2.80. The molecule has 0 aliphatic rings. The number of aromatic carboxylic acids is 1. The highest BCUT2D eigenvalue weighted by atomic mass is 32.1. The van der Waals surface area contributed by atoms with Crippen molar-refractivity contribution in [3.63, 3.8) is 0 Å². The van der Waals surface area contributed by atoms with Crippen molar-refractivity contribution in [3.8, 4) is 11.5 Å². The standard InChI is InChI=1S/C12H11N3O5S/c1-19-9-3-6(12(17)18)7(4-10(9)20-2)13-11(16)8-5-21-15-14-8/h3-5H,1-2H3,(H,13,16)(H,17,18). The van der Waals surface area contributed by atoms with Crippen LogP contribution in [0.4, 0.5) is 5.69 Å². The van der Waals surface area contributed by atoms with Gasteiger partial charge >= 0.3 is 5.97 Å². The zero-order valence-electron chi connectivity index (χ0n) is 11.1. The molecule has 0 radical (unpaired) electrons. The van der Waals surface area contributed by atoms with Crippen LogP contribution in [0, 0.1) is 0 Å². The van der Waals surface area contributed by atoms with Gasteiger partial charge in [0.25, 0.3) is 5.91 Å². The lowest BCUT2D eigenvalue weighted by atomic mass is 10.1. The molecular weight excluding hydrogens is 298 g/mol. The lowest BCUT2D eigenvalue weighted by molar-refractivity contribution is 0.0697. The summed E-state index contributed by atoms with van der Waals surface area (Å²) in [6.07, 6.45) is 0. The monoisotopic (exact) mass is 309 g/mol. The van der Waals surface area contributed by atoms with E-state index < -0.39 is 11.9 Å². The Kier molecular flexibility index (Phi) is 4.33. The molecular formula is C12H11N3O5S. The van der Waals surface area contributed by atoms with E-state index in [0.29, 0.717) is 5.75 Å². The summed E-state index contributed by atoms with van der Waals surface area (Å²) >= 11 is 1.02. The van der Waals surface area contributed by atoms with Crippen molar-refractivity contribution in [2.24, 2.45) is 0 Å². The molecule has 0 bridgehead atoms. The molecule has 0 aliphatic carbocycles. The Morgan fingerprint density at radius 1 is 1.24 bits per heavy atom. The number of ether oxygens (including phenoxy) is 2. The van der Waals surface area contributed by atoms with Crippen molar-refractivity contribution in [2.75, 3.05) is 19.5 Å². The molecule has 1 aromatic heterocycles. The van der Waals surface area contributed by atoms with Crippen LogP contribution in [0.25, 0.3) is 0 Å². The molecule has 0 saturated heterocycles. The zero-order valence-corrected chi connectivity index (χ0v) is 11.9. The minimum absolute atomic E-state index is 0.0816. The van der Waals surface area contributed by atoms with Gasteiger partial charge in [-0.2, -0.15) is 0 Å². The zero-order chi connectivity index (χ0) is 15.4. The quantitative estimate of drug-likeness (QED) is 0.861.